The molecule has 1 saturated heterocycles. The first-order valence-corrected chi connectivity index (χ1v) is 7.31. The molecule has 1 aromatic heterocycles. The third kappa shape index (κ3) is 3.22. The first-order chi connectivity index (χ1) is 9.31. The maximum atomic E-state index is 5.99. The number of hydrogen-bond donors (Lipinski definition) is 1. The molecule has 2 heterocycles. The third-order valence-corrected chi connectivity index (χ3v) is 4.31. The lowest BCUT2D eigenvalue weighted by Gasteiger charge is -2.35. The Hall–Kier alpha value is -1.20. The summed E-state index contributed by atoms with van der Waals surface area (Å²) in [5.74, 6) is 1.68. The first kappa shape index (κ1) is 12.8. The quantitative estimate of drug-likeness (QED) is 0.869. The van der Waals surface area contributed by atoms with Crippen LogP contribution in [0.15, 0.2) is 18.5 Å². The summed E-state index contributed by atoms with van der Waals surface area (Å²) >= 11 is 0. The Morgan fingerprint density at radius 3 is 2.47 bits per heavy atom. The Morgan fingerprint density at radius 2 is 1.84 bits per heavy atom. The number of anilines is 1. The molecular weight excluding hydrogens is 238 g/mol. The summed E-state index contributed by atoms with van der Waals surface area (Å²) in [4.78, 5) is 13.5. The Kier molecular flexibility index (Phi) is 3.94. The van der Waals surface area contributed by atoms with Gasteiger partial charge in [-0.1, -0.05) is 0 Å². The Morgan fingerprint density at radius 1 is 1.11 bits per heavy atom. The maximum Gasteiger partial charge on any atom is 0.225 e. The summed E-state index contributed by atoms with van der Waals surface area (Å²) in [5, 5.41) is 0. The Labute approximate surface area is 114 Å². The van der Waals surface area contributed by atoms with E-state index in [1.807, 2.05) is 18.5 Å². The second-order valence-corrected chi connectivity index (χ2v) is 5.78. The fourth-order valence-corrected chi connectivity index (χ4v) is 3.23. The summed E-state index contributed by atoms with van der Waals surface area (Å²) in [6.07, 6.45) is 7.36. The molecule has 2 aliphatic rings. The molecule has 2 fully saturated rings. The van der Waals surface area contributed by atoms with Gasteiger partial charge in [-0.3, -0.25) is 4.90 Å². The zero-order valence-corrected chi connectivity index (χ0v) is 11.4. The summed E-state index contributed by atoms with van der Waals surface area (Å²) in [5.41, 5.74) is 5.99. The van der Waals surface area contributed by atoms with Crippen molar-refractivity contribution >= 4 is 5.95 Å². The van der Waals surface area contributed by atoms with E-state index in [0.29, 0.717) is 6.04 Å². The fraction of sp³-hybridized carbons (Fsp3) is 0.714. The van der Waals surface area contributed by atoms with E-state index in [0.717, 1.165) is 38.0 Å². The van der Waals surface area contributed by atoms with Crippen molar-refractivity contribution in [3.63, 3.8) is 0 Å². The summed E-state index contributed by atoms with van der Waals surface area (Å²) < 4.78 is 0. The number of piperazine rings is 1. The Balaban J connectivity index is 1.47. The van der Waals surface area contributed by atoms with Gasteiger partial charge >= 0.3 is 0 Å². The van der Waals surface area contributed by atoms with Crippen molar-refractivity contribution in [2.24, 2.45) is 11.7 Å². The van der Waals surface area contributed by atoms with Crippen LogP contribution < -0.4 is 10.6 Å². The van der Waals surface area contributed by atoms with Gasteiger partial charge in [0, 0.05) is 51.2 Å². The second kappa shape index (κ2) is 5.84. The van der Waals surface area contributed by atoms with E-state index in [2.05, 4.69) is 19.8 Å². The second-order valence-electron chi connectivity index (χ2n) is 5.78. The van der Waals surface area contributed by atoms with Crippen LogP contribution in [0.2, 0.25) is 0 Å². The van der Waals surface area contributed by atoms with Crippen LogP contribution in [0.25, 0.3) is 0 Å². The molecule has 0 aromatic carbocycles. The maximum absolute atomic E-state index is 5.99. The summed E-state index contributed by atoms with van der Waals surface area (Å²) in [6, 6.07) is 2.31. The van der Waals surface area contributed by atoms with Crippen LogP contribution in [0.1, 0.15) is 19.3 Å². The topological polar surface area (TPSA) is 58.3 Å². The first-order valence-electron chi connectivity index (χ1n) is 7.31. The van der Waals surface area contributed by atoms with Crippen LogP contribution in [-0.4, -0.2) is 53.6 Å². The number of hydrogen-bond acceptors (Lipinski definition) is 5. The van der Waals surface area contributed by atoms with Gasteiger partial charge < -0.3 is 10.6 Å². The van der Waals surface area contributed by atoms with Gasteiger partial charge in [0.2, 0.25) is 5.95 Å². The minimum Gasteiger partial charge on any atom is -0.338 e. The van der Waals surface area contributed by atoms with Crippen LogP contribution in [0.5, 0.6) is 0 Å². The average molecular weight is 261 g/mol. The number of nitrogens with two attached hydrogens (primary N) is 1. The zero-order valence-electron chi connectivity index (χ0n) is 11.4. The van der Waals surface area contributed by atoms with E-state index in [-0.39, 0.29) is 0 Å². The van der Waals surface area contributed by atoms with Crippen LogP contribution in [0.3, 0.4) is 0 Å². The lowest BCUT2D eigenvalue weighted by Crippen LogP contribution is -2.48. The lowest BCUT2D eigenvalue weighted by atomic mass is 10.1. The van der Waals surface area contributed by atoms with E-state index in [9.17, 15) is 0 Å². The third-order valence-electron chi connectivity index (χ3n) is 4.31. The van der Waals surface area contributed by atoms with Gasteiger partial charge in [-0.2, -0.15) is 0 Å². The number of aromatic nitrogens is 2. The van der Waals surface area contributed by atoms with Crippen molar-refractivity contribution in [1.29, 1.82) is 0 Å². The van der Waals surface area contributed by atoms with Crippen molar-refractivity contribution in [1.82, 2.24) is 14.9 Å². The normalized spacial score (nSPS) is 28.8. The molecule has 0 radical (unpaired) electrons. The van der Waals surface area contributed by atoms with E-state index in [1.54, 1.807) is 0 Å². The molecule has 2 unspecified atom stereocenters. The fourth-order valence-electron chi connectivity index (χ4n) is 3.23. The van der Waals surface area contributed by atoms with Gasteiger partial charge in [0.1, 0.15) is 0 Å². The highest BCUT2D eigenvalue weighted by molar-refractivity contribution is 5.29. The van der Waals surface area contributed by atoms with E-state index < -0.39 is 0 Å². The molecule has 1 aliphatic heterocycles. The molecule has 19 heavy (non-hydrogen) atoms. The van der Waals surface area contributed by atoms with Crippen LogP contribution in [-0.2, 0) is 0 Å². The van der Waals surface area contributed by atoms with Crippen molar-refractivity contribution in [2.75, 3.05) is 37.6 Å². The number of rotatable bonds is 3. The predicted molar refractivity (Wildman–Crippen MR) is 76.0 cm³/mol. The number of nitrogens with zero attached hydrogens (tertiary/aromatic N) is 4. The SMILES string of the molecule is NC1CCC(CN2CCN(c3ncccn3)CC2)C1. The van der Waals surface area contributed by atoms with Crippen molar-refractivity contribution in [3.05, 3.63) is 18.5 Å². The molecule has 1 aliphatic carbocycles. The molecule has 1 saturated carbocycles. The van der Waals surface area contributed by atoms with E-state index in [4.69, 9.17) is 5.73 Å². The largest absolute Gasteiger partial charge is 0.338 e. The van der Waals surface area contributed by atoms with Crippen molar-refractivity contribution in [3.8, 4) is 0 Å². The smallest absolute Gasteiger partial charge is 0.225 e. The van der Waals surface area contributed by atoms with E-state index in [1.165, 1.54) is 25.8 Å². The van der Waals surface area contributed by atoms with Crippen LogP contribution in [0, 0.1) is 5.92 Å². The molecule has 104 valence electrons. The monoisotopic (exact) mass is 261 g/mol. The molecule has 1 aromatic rings. The highest BCUT2D eigenvalue weighted by atomic mass is 15.3. The summed E-state index contributed by atoms with van der Waals surface area (Å²) in [6.45, 7) is 5.51. The Bertz CT molecular complexity index is 388. The predicted octanol–water partition coefficient (Wildman–Crippen LogP) is 0.726. The molecule has 0 amide bonds. The molecule has 3 rings (SSSR count). The standard InChI is InChI=1S/C14H23N5/c15-13-3-2-12(10-13)11-18-6-8-19(9-7-18)14-16-4-1-5-17-14/h1,4-5,12-13H,2-3,6-11,15H2. The van der Waals surface area contributed by atoms with Crippen molar-refractivity contribution < 1.29 is 0 Å². The molecule has 5 heteroatoms. The van der Waals surface area contributed by atoms with Crippen LogP contribution in [0.4, 0.5) is 5.95 Å². The highest BCUT2D eigenvalue weighted by Crippen LogP contribution is 2.25. The average Bonchev–Trinajstić information content (AvgIpc) is 2.86. The molecular formula is C14H23N5. The van der Waals surface area contributed by atoms with Crippen molar-refractivity contribution in [2.45, 2.75) is 25.3 Å². The summed E-state index contributed by atoms with van der Waals surface area (Å²) in [7, 11) is 0. The molecule has 2 N–H and O–H groups in total. The molecule has 5 nitrogen and oxygen atoms in total. The van der Waals surface area contributed by atoms with Gasteiger partial charge in [0.25, 0.3) is 0 Å². The minimum absolute atomic E-state index is 0.448. The van der Waals surface area contributed by atoms with Gasteiger partial charge in [-0.05, 0) is 31.2 Å². The minimum atomic E-state index is 0.448. The zero-order chi connectivity index (χ0) is 13.1. The molecule has 2 atom stereocenters. The van der Waals surface area contributed by atoms with Gasteiger partial charge in [0.05, 0.1) is 0 Å². The van der Waals surface area contributed by atoms with E-state index >= 15 is 0 Å². The molecule has 0 bridgehead atoms. The lowest BCUT2D eigenvalue weighted by molar-refractivity contribution is 0.218. The molecule has 0 spiro atoms. The van der Waals surface area contributed by atoms with Crippen LogP contribution >= 0.6 is 0 Å². The van der Waals surface area contributed by atoms with Gasteiger partial charge in [0.15, 0.2) is 0 Å². The van der Waals surface area contributed by atoms with Gasteiger partial charge in [-0.25, -0.2) is 9.97 Å². The van der Waals surface area contributed by atoms with Gasteiger partial charge in [-0.15, -0.1) is 0 Å². The highest BCUT2D eigenvalue weighted by Gasteiger charge is 2.26.